The standard InChI is InChI=1S/C21H32N4O7/c1-11(2)8-16(21(31)32)24-18(28)12(3)23-20(30)17(10-26)25-19(29)15(22)9-13-4-6-14(27)7-5-13/h4-7,11-12,15-17,26-27H,8-10,22H2,1-3H3,(H,23,30)(H,24,28)(H,25,29)(H,31,32). The normalized spacial score (nSPS) is 14.7. The molecule has 32 heavy (non-hydrogen) atoms. The third-order valence-electron chi connectivity index (χ3n) is 4.62. The number of aliphatic hydroxyl groups is 1. The molecule has 0 radical (unpaired) electrons. The second-order valence-corrected chi connectivity index (χ2v) is 7.98. The number of hydrogen-bond acceptors (Lipinski definition) is 7. The first kappa shape index (κ1) is 26.9. The number of aromatic hydroxyl groups is 1. The van der Waals surface area contributed by atoms with E-state index in [1.54, 1.807) is 12.1 Å². The van der Waals surface area contributed by atoms with Crippen molar-refractivity contribution in [2.45, 2.75) is 57.8 Å². The summed E-state index contributed by atoms with van der Waals surface area (Å²) < 4.78 is 0. The van der Waals surface area contributed by atoms with Gasteiger partial charge in [-0.1, -0.05) is 26.0 Å². The molecular formula is C21H32N4O7. The quantitative estimate of drug-likeness (QED) is 0.207. The lowest BCUT2D eigenvalue weighted by Crippen LogP contribution is -2.57. The number of carbonyl (C=O) groups is 4. The molecule has 4 atom stereocenters. The van der Waals surface area contributed by atoms with Gasteiger partial charge in [-0.25, -0.2) is 4.79 Å². The van der Waals surface area contributed by atoms with Crippen LogP contribution in [0.3, 0.4) is 0 Å². The number of benzene rings is 1. The predicted molar refractivity (Wildman–Crippen MR) is 115 cm³/mol. The van der Waals surface area contributed by atoms with Crippen LogP contribution in [-0.2, 0) is 25.6 Å². The van der Waals surface area contributed by atoms with Gasteiger partial charge in [0.15, 0.2) is 0 Å². The summed E-state index contributed by atoms with van der Waals surface area (Å²) >= 11 is 0. The highest BCUT2D eigenvalue weighted by Gasteiger charge is 2.28. The highest BCUT2D eigenvalue weighted by atomic mass is 16.4. The number of phenols is 1. The van der Waals surface area contributed by atoms with Crippen LogP contribution in [-0.4, -0.2) is 69.8 Å². The van der Waals surface area contributed by atoms with Crippen molar-refractivity contribution in [1.82, 2.24) is 16.0 Å². The number of nitrogens with two attached hydrogens (primary N) is 1. The third kappa shape index (κ3) is 8.90. The summed E-state index contributed by atoms with van der Waals surface area (Å²) in [7, 11) is 0. The predicted octanol–water partition coefficient (Wildman–Crippen LogP) is -1.14. The largest absolute Gasteiger partial charge is 0.508 e. The van der Waals surface area contributed by atoms with Crippen LogP contribution in [0.1, 0.15) is 32.8 Å². The molecule has 0 spiro atoms. The lowest BCUT2D eigenvalue weighted by molar-refractivity contribution is -0.142. The number of amides is 3. The molecular weight excluding hydrogens is 420 g/mol. The Bertz CT molecular complexity index is 798. The van der Waals surface area contributed by atoms with Crippen molar-refractivity contribution in [2.24, 2.45) is 11.7 Å². The lowest BCUT2D eigenvalue weighted by atomic mass is 10.0. The lowest BCUT2D eigenvalue weighted by Gasteiger charge is -2.23. The minimum Gasteiger partial charge on any atom is -0.508 e. The number of aliphatic carboxylic acids is 1. The van der Waals surface area contributed by atoms with Gasteiger partial charge in [-0.05, 0) is 43.4 Å². The van der Waals surface area contributed by atoms with E-state index in [0.29, 0.717) is 5.56 Å². The zero-order valence-corrected chi connectivity index (χ0v) is 18.4. The van der Waals surface area contributed by atoms with E-state index in [2.05, 4.69) is 16.0 Å². The molecule has 0 saturated heterocycles. The van der Waals surface area contributed by atoms with Crippen molar-refractivity contribution in [3.05, 3.63) is 29.8 Å². The molecule has 0 fully saturated rings. The van der Waals surface area contributed by atoms with Crippen LogP contribution in [0, 0.1) is 5.92 Å². The van der Waals surface area contributed by atoms with E-state index in [9.17, 15) is 34.5 Å². The Morgan fingerprint density at radius 1 is 0.906 bits per heavy atom. The summed E-state index contributed by atoms with van der Waals surface area (Å²) in [5.74, 6) is -3.31. The Balaban J connectivity index is 2.64. The van der Waals surface area contributed by atoms with Gasteiger partial charge >= 0.3 is 5.97 Å². The molecule has 11 nitrogen and oxygen atoms in total. The van der Waals surface area contributed by atoms with Crippen LogP contribution >= 0.6 is 0 Å². The van der Waals surface area contributed by atoms with E-state index in [1.165, 1.54) is 19.1 Å². The van der Waals surface area contributed by atoms with E-state index in [4.69, 9.17) is 5.73 Å². The van der Waals surface area contributed by atoms with Crippen molar-refractivity contribution in [3.8, 4) is 5.75 Å². The number of carboxylic acid groups (broad SMARTS) is 1. The average molecular weight is 453 g/mol. The number of carboxylic acids is 1. The van der Waals surface area contributed by atoms with Gasteiger partial charge in [0.1, 0.15) is 23.9 Å². The highest BCUT2D eigenvalue weighted by molar-refractivity contribution is 5.94. The van der Waals surface area contributed by atoms with Gasteiger partial charge in [0, 0.05) is 0 Å². The van der Waals surface area contributed by atoms with Gasteiger partial charge in [0.05, 0.1) is 12.6 Å². The molecule has 8 N–H and O–H groups in total. The fourth-order valence-corrected chi connectivity index (χ4v) is 2.82. The maximum atomic E-state index is 12.4. The highest BCUT2D eigenvalue weighted by Crippen LogP contribution is 2.11. The Hall–Kier alpha value is -3.18. The summed E-state index contributed by atoms with van der Waals surface area (Å²) in [6, 6.07) is 1.52. The van der Waals surface area contributed by atoms with Gasteiger partial charge in [-0.15, -0.1) is 0 Å². The van der Waals surface area contributed by atoms with Crippen LogP contribution in [0.25, 0.3) is 0 Å². The Morgan fingerprint density at radius 3 is 1.97 bits per heavy atom. The molecule has 11 heteroatoms. The monoisotopic (exact) mass is 452 g/mol. The van der Waals surface area contributed by atoms with E-state index in [1.807, 2.05) is 13.8 Å². The van der Waals surface area contributed by atoms with Crippen molar-refractivity contribution < 1.29 is 34.5 Å². The second kappa shape index (κ2) is 12.6. The number of nitrogens with one attached hydrogen (secondary N) is 3. The topological polar surface area (TPSA) is 191 Å². The Morgan fingerprint density at radius 2 is 1.47 bits per heavy atom. The summed E-state index contributed by atoms with van der Waals surface area (Å²) in [5.41, 5.74) is 6.55. The fourth-order valence-electron chi connectivity index (χ4n) is 2.82. The molecule has 0 aromatic heterocycles. The van der Waals surface area contributed by atoms with Crippen molar-refractivity contribution in [1.29, 1.82) is 0 Å². The number of aliphatic hydroxyl groups excluding tert-OH is 1. The van der Waals surface area contributed by atoms with Gasteiger partial charge in [-0.3, -0.25) is 14.4 Å². The maximum absolute atomic E-state index is 12.4. The molecule has 4 unspecified atom stereocenters. The molecule has 0 aliphatic carbocycles. The van der Waals surface area contributed by atoms with Gasteiger partial charge in [0.25, 0.3) is 0 Å². The van der Waals surface area contributed by atoms with Crippen LogP contribution in [0.5, 0.6) is 5.75 Å². The molecule has 0 saturated carbocycles. The van der Waals surface area contributed by atoms with Crippen LogP contribution < -0.4 is 21.7 Å². The van der Waals surface area contributed by atoms with Crippen LogP contribution in [0.2, 0.25) is 0 Å². The molecule has 0 aliphatic heterocycles. The average Bonchev–Trinajstić information content (AvgIpc) is 2.72. The van der Waals surface area contributed by atoms with E-state index < -0.39 is 54.5 Å². The zero-order chi connectivity index (χ0) is 24.4. The minimum absolute atomic E-state index is 0.0288. The molecule has 0 bridgehead atoms. The number of phenolic OH excluding ortho intramolecular Hbond substituents is 1. The third-order valence-corrected chi connectivity index (χ3v) is 4.62. The summed E-state index contributed by atoms with van der Waals surface area (Å²) in [4.78, 5) is 48.3. The number of carbonyl (C=O) groups excluding carboxylic acids is 3. The molecule has 1 aromatic rings. The molecule has 1 rings (SSSR count). The van der Waals surface area contributed by atoms with Gasteiger partial charge in [0.2, 0.25) is 17.7 Å². The Labute approximate surface area is 186 Å². The van der Waals surface area contributed by atoms with Crippen molar-refractivity contribution in [2.75, 3.05) is 6.61 Å². The first-order valence-electron chi connectivity index (χ1n) is 10.2. The summed E-state index contributed by atoms with van der Waals surface area (Å²) in [6.07, 6.45) is 0.354. The van der Waals surface area contributed by atoms with E-state index in [-0.39, 0.29) is 24.5 Å². The minimum atomic E-state index is -1.35. The van der Waals surface area contributed by atoms with E-state index >= 15 is 0 Å². The maximum Gasteiger partial charge on any atom is 0.326 e. The van der Waals surface area contributed by atoms with Crippen LogP contribution in [0.4, 0.5) is 0 Å². The first-order valence-corrected chi connectivity index (χ1v) is 10.2. The number of rotatable bonds is 12. The summed E-state index contributed by atoms with van der Waals surface area (Å²) in [5, 5.41) is 35.0. The Kier molecular flexibility index (Phi) is 10.6. The molecule has 178 valence electrons. The SMILES string of the molecule is CC(C)CC(NC(=O)C(C)NC(=O)C(CO)NC(=O)C(N)Cc1ccc(O)cc1)C(=O)O. The van der Waals surface area contributed by atoms with Crippen molar-refractivity contribution in [3.63, 3.8) is 0 Å². The van der Waals surface area contributed by atoms with Gasteiger partial charge in [-0.2, -0.15) is 0 Å². The molecule has 3 amide bonds. The fraction of sp³-hybridized carbons (Fsp3) is 0.524. The van der Waals surface area contributed by atoms with Gasteiger partial charge < -0.3 is 37.0 Å². The van der Waals surface area contributed by atoms with Crippen molar-refractivity contribution >= 4 is 23.7 Å². The summed E-state index contributed by atoms with van der Waals surface area (Å²) in [6.45, 7) is 4.25. The molecule has 0 heterocycles. The second-order valence-electron chi connectivity index (χ2n) is 7.98. The molecule has 1 aromatic carbocycles. The first-order chi connectivity index (χ1) is 14.9. The smallest absolute Gasteiger partial charge is 0.326 e. The molecule has 0 aliphatic rings. The van der Waals surface area contributed by atoms with Crippen LogP contribution in [0.15, 0.2) is 24.3 Å². The number of hydrogen-bond donors (Lipinski definition) is 7. The zero-order valence-electron chi connectivity index (χ0n) is 18.4. The van der Waals surface area contributed by atoms with E-state index in [0.717, 1.165) is 0 Å².